The topological polar surface area (TPSA) is 60.7 Å². The quantitative estimate of drug-likeness (QED) is 0.395. The number of benzene rings is 2. The zero-order chi connectivity index (χ0) is 23.7. The number of fused-ring (bicyclic) bond motifs is 1. The average molecular weight is 491 g/mol. The van der Waals surface area contributed by atoms with Gasteiger partial charge in [0.25, 0.3) is 5.56 Å². The van der Waals surface area contributed by atoms with Gasteiger partial charge in [-0.3, -0.25) is 9.36 Å². The van der Waals surface area contributed by atoms with Gasteiger partial charge in [0.05, 0.1) is 15.8 Å². The predicted octanol–water partition coefficient (Wildman–Crippen LogP) is 4.18. The van der Waals surface area contributed by atoms with Gasteiger partial charge in [-0.25, -0.2) is 14.2 Å². The molecule has 2 aromatic heterocycles. The van der Waals surface area contributed by atoms with Gasteiger partial charge in [-0.05, 0) is 47.7 Å². The van der Waals surface area contributed by atoms with Crippen LogP contribution in [-0.2, 0) is 16.1 Å². The van der Waals surface area contributed by atoms with E-state index in [-0.39, 0.29) is 18.0 Å². The molecule has 0 aliphatic carbocycles. The van der Waals surface area contributed by atoms with E-state index in [4.69, 9.17) is 4.74 Å². The Hall–Kier alpha value is -3.62. The SMILES string of the molecule is CC1=C(C(=O)OCc2ccccc2)C(c2cccs2)n2c(sc(=Cc3ccc(F)cc3)c2=O)=N1. The summed E-state index contributed by atoms with van der Waals surface area (Å²) >= 11 is 2.71. The Morgan fingerprint density at radius 2 is 1.88 bits per heavy atom. The molecule has 0 radical (unpaired) electrons. The number of esters is 1. The average Bonchev–Trinajstić information content (AvgIpc) is 3.47. The fourth-order valence-corrected chi connectivity index (χ4v) is 5.68. The largest absolute Gasteiger partial charge is 0.457 e. The third-order valence-electron chi connectivity index (χ3n) is 5.43. The number of allylic oxidation sites excluding steroid dienone is 1. The molecule has 0 spiro atoms. The molecule has 1 aliphatic heterocycles. The third kappa shape index (κ3) is 4.30. The molecule has 1 unspecified atom stereocenters. The molecular weight excluding hydrogens is 471 g/mol. The van der Waals surface area contributed by atoms with Crippen LogP contribution in [0.5, 0.6) is 0 Å². The summed E-state index contributed by atoms with van der Waals surface area (Å²) in [5.74, 6) is -0.845. The molecule has 2 aromatic carbocycles. The van der Waals surface area contributed by atoms with Gasteiger partial charge in [0.2, 0.25) is 0 Å². The van der Waals surface area contributed by atoms with Gasteiger partial charge in [0.15, 0.2) is 4.80 Å². The highest BCUT2D eigenvalue weighted by Crippen LogP contribution is 2.33. The smallest absolute Gasteiger partial charge is 0.338 e. The number of thiazole rings is 1. The second-order valence-electron chi connectivity index (χ2n) is 7.71. The molecular formula is C26H19FN2O3S2. The predicted molar refractivity (Wildman–Crippen MR) is 131 cm³/mol. The highest BCUT2D eigenvalue weighted by Gasteiger charge is 2.34. The minimum Gasteiger partial charge on any atom is -0.457 e. The Balaban J connectivity index is 1.58. The molecule has 0 fully saturated rings. The molecule has 0 N–H and O–H groups in total. The van der Waals surface area contributed by atoms with Gasteiger partial charge in [-0.1, -0.05) is 59.9 Å². The summed E-state index contributed by atoms with van der Waals surface area (Å²) in [7, 11) is 0. The minimum absolute atomic E-state index is 0.128. The summed E-state index contributed by atoms with van der Waals surface area (Å²) in [5, 5.41) is 1.91. The lowest BCUT2D eigenvalue weighted by Gasteiger charge is -2.23. The van der Waals surface area contributed by atoms with E-state index in [9.17, 15) is 14.0 Å². The summed E-state index contributed by atoms with van der Waals surface area (Å²) < 4.78 is 20.9. The van der Waals surface area contributed by atoms with E-state index >= 15 is 0 Å². The van der Waals surface area contributed by atoms with E-state index in [2.05, 4.69) is 4.99 Å². The van der Waals surface area contributed by atoms with E-state index in [0.29, 0.717) is 26.2 Å². The van der Waals surface area contributed by atoms with Crippen molar-refractivity contribution in [2.75, 3.05) is 0 Å². The van der Waals surface area contributed by atoms with Crippen LogP contribution in [0.25, 0.3) is 6.08 Å². The number of hydrogen-bond donors (Lipinski definition) is 0. The van der Waals surface area contributed by atoms with Crippen LogP contribution in [-0.4, -0.2) is 10.5 Å². The van der Waals surface area contributed by atoms with Crippen LogP contribution in [0.15, 0.2) is 93.2 Å². The minimum atomic E-state index is -0.630. The summed E-state index contributed by atoms with van der Waals surface area (Å²) in [5.41, 5.74) is 2.19. The molecule has 5 rings (SSSR count). The van der Waals surface area contributed by atoms with Crippen molar-refractivity contribution in [2.45, 2.75) is 19.6 Å². The van der Waals surface area contributed by atoms with Crippen LogP contribution in [0.1, 0.15) is 29.0 Å². The molecule has 5 nitrogen and oxygen atoms in total. The molecule has 0 saturated carbocycles. The number of rotatable bonds is 5. The van der Waals surface area contributed by atoms with Crippen LogP contribution < -0.4 is 14.9 Å². The summed E-state index contributed by atoms with van der Waals surface area (Å²) in [6.45, 7) is 1.89. The van der Waals surface area contributed by atoms with Crippen LogP contribution in [0, 0.1) is 5.82 Å². The number of ether oxygens (including phenoxy) is 1. The maximum Gasteiger partial charge on any atom is 0.338 e. The first-order valence-electron chi connectivity index (χ1n) is 10.5. The second-order valence-corrected chi connectivity index (χ2v) is 9.70. The lowest BCUT2D eigenvalue weighted by molar-refractivity contribution is -0.140. The number of halogens is 1. The lowest BCUT2D eigenvalue weighted by Crippen LogP contribution is -2.39. The van der Waals surface area contributed by atoms with E-state index in [0.717, 1.165) is 10.4 Å². The number of hydrogen-bond acceptors (Lipinski definition) is 6. The number of thiophene rings is 1. The third-order valence-corrected chi connectivity index (χ3v) is 7.34. The summed E-state index contributed by atoms with van der Waals surface area (Å²) in [4.78, 5) is 32.7. The molecule has 0 bridgehead atoms. The van der Waals surface area contributed by atoms with Crippen molar-refractivity contribution in [1.82, 2.24) is 4.57 Å². The fourth-order valence-electron chi connectivity index (χ4n) is 3.81. The molecule has 170 valence electrons. The Bertz CT molecular complexity index is 1550. The van der Waals surface area contributed by atoms with E-state index < -0.39 is 12.0 Å². The molecule has 3 heterocycles. The standard InChI is InChI=1S/C26H19FN2O3S2/c1-16-22(25(31)32-15-18-6-3-2-4-7-18)23(20-8-5-13-33-20)29-24(30)21(34-26(29)28-16)14-17-9-11-19(27)12-10-17/h2-14,23H,15H2,1H3. The second kappa shape index (κ2) is 9.32. The molecule has 1 atom stereocenters. The van der Waals surface area contributed by atoms with Crippen LogP contribution in [0.2, 0.25) is 0 Å². The van der Waals surface area contributed by atoms with E-state index in [1.54, 1.807) is 29.7 Å². The first kappa shape index (κ1) is 22.2. The Morgan fingerprint density at radius 3 is 2.59 bits per heavy atom. The molecule has 0 saturated heterocycles. The van der Waals surface area contributed by atoms with Crippen molar-refractivity contribution in [3.63, 3.8) is 0 Å². The van der Waals surface area contributed by atoms with Crippen molar-refractivity contribution in [1.29, 1.82) is 0 Å². The van der Waals surface area contributed by atoms with Gasteiger partial charge in [-0.15, -0.1) is 11.3 Å². The number of carbonyl (C=O) groups is 1. The molecule has 8 heteroatoms. The van der Waals surface area contributed by atoms with Crippen molar-refractivity contribution >= 4 is 34.7 Å². The highest BCUT2D eigenvalue weighted by atomic mass is 32.1. The molecule has 4 aromatic rings. The van der Waals surface area contributed by atoms with E-state index in [1.807, 2.05) is 47.8 Å². The number of carbonyl (C=O) groups excluding carboxylic acids is 1. The van der Waals surface area contributed by atoms with Crippen molar-refractivity contribution in [2.24, 2.45) is 4.99 Å². The number of aromatic nitrogens is 1. The highest BCUT2D eigenvalue weighted by molar-refractivity contribution is 7.10. The monoisotopic (exact) mass is 490 g/mol. The van der Waals surface area contributed by atoms with Gasteiger partial charge >= 0.3 is 5.97 Å². The molecule has 0 amide bonds. The Kier molecular flexibility index (Phi) is 6.08. The van der Waals surface area contributed by atoms with E-state index in [1.165, 1.54) is 34.8 Å². The fraction of sp³-hybridized carbons (Fsp3) is 0.115. The number of nitrogens with zero attached hydrogens (tertiary/aromatic N) is 2. The van der Waals surface area contributed by atoms with Crippen molar-refractivity contribution < 1.29 is 13.9 Å². The zero-order valence-corrected chi connectivity index (χ0v) is 19.7. The van der Waals surface area contributed by atoms with Gasteiger partial charge in [0.1, 0.15) is 18.5 Å². The lowest BCUT2D eigenvalue weighted by atomic mass is 10.0. The van der Waals surface area contributed by atoms with Crippen molar-refractivity contribution in [3.05, 3.63) is 125 Å². The van der Waals surface area contributed by atoms with Crippen LogP contribution in [0.3, 0.4) is 0 Å². The first-order valence-corrected chi connectivity index (χ1v) is 12.2. The maximum atomic E-state index is 13.5. The van der Waals surface area contributed by atoms with Gasteiger partial charge < -0.3 is 4.74 Å². The molecule has 1 aliphatic rings. The van der Waals surface area contributed by atoms with Gasteiger partial charge in [0, 0.05) is 4.88 Å². The van der Waals surface area contributed by atoms with Crippen LogP contribution >= 0.6 is 22.7 Å². The summed E-state index contributed by atoms with van der Waals surface area (Å²) in [6, 6.07) is 18.5. The Morgan fingerprint density at radius 1 is 1.12 bits per heavy atom. The van der Waals surface area contributed by atoms with Crippen molar-refractivity contribution in [3.8, 4) is 0 Å². The zero-order valence-electron chi connectivity index (χ0n) is 18.1. The summed E-state index contributed by atoms with van der Waals surface area (Å²) in [6.07, 6.45) is 1.71. The first-order chi connectivity index (χ1) is 16.5. The normalized spacial score (nSPS) is 15.7. The molecule has 34 heavy (non-hydrogen) atoms. The maximum absolute atomic E-state index is 13.5. The Labute approximate surface area is 202 Å². The van der Waals surface area contributed by atoms with Crippen LogP contribution in [0.4, 0.5) is 4.39 Å². The van der Waals surface area contributed by atoms with Gasteiger partial charge in [-0.2, -0.15) is 0 Å².